The summed E-state index contributed by atoms with van der Waals surface area (Å²) in [5.74, 6) is -0.614. The molecule has 1 amide bonds. The van der Waals surface area contributed by atoms with Crippen molar-refractivity contribution >= 4 is 22.9 Å². The van der Waals surface area contributed by atoms with Gasteiger partial charge in [0.05, 0.1) is 11.8 Å². The van der Waals surface area contributed by atoms with E-state index in [-0.39, 0.29) is 17.4 Å². The van der Waals surface area contributed by atoms with E-state index in [0.29, 0.717) is 5.65 Å². The van der Waals surface area contributed by atoms with E-state index in [0.717, 1.165) is 21.6 Å². The van der Waals surface area contributed by atoms with Crippen LogP contribution in [0.5, 0.6) is 5.88 Å². The lowest BCUT2D eigenvalue weighted by molar-refractivity contribution is 0.0915. The number of nitrogens with zero attached hydrogens (tertiary/aromatic N) is 3. The first-order chi connectivity index (χ1) is 13.3. The molecule has 7 heteroatoms. The van der Waals surface area contributed by atoms with E-state index in [1.54, 1.807) is 17.5 Å². The molecule has 1 aromatic carbocycles. The maximum absolute atomic E-state index is 12.4. The van der Waals surface area contributed by atoms with Gasteiger partial charge in [-0.2, -0.15) is 9.61 Å². The molecule has 0 radical (unpaired) electrons. The number of fused-ring (bicyclic) bond motifs is 1. The molecule has 0 fully saturated rings. The van der Waals surface area contributed by atoms with E-state index < -0.39 is 5.54 Å². The first-order valence-corrected chi connectivity index (χ1v) is 9.74. The zero-order chi connectivity index (χ0) is 19.9. The van der Waals surface area contributed by atoms with Crippen LogP contribution in [0.2, 0.25) is 0 Å². The summed E-state index contributed by atoms with van der Waals surface area (Å²) >= 11 is 1.59. The third kappa shape index (κ3) is 3.36. The average Bonchev–Trinajstić information content (AvgIpc) is 3.28. The Labute approximate surface area is 166 Å². The van der Waals surface area contributed by atoms with Gasteiger partial charge in [0, 0.05) is 16.6 Å². The van der Waals surface area contributed by atoms with Crippen LogP contribution < -0.4 is 5.32 Å². The van der Waals surface area contributed by atoms with E-state index in [2.05, 4.69) is 39.0 Å². The molecule has 3 aromatic heterocycles. The number of hydrogen-bond acceptors (Lipinski definition) is 5. The normalized spacial score (nSPS) is 11.7. The van der Waals surface area contributed by atoms with Crippen molar-refractivity contribution < 1.29 is 9.90 Å². The lowest BCUT2D eigenvalue weighted by atomic mass is 10.1. The highest BCUT2D eigenvalue weighted by atomic mass is 32.1. The quantitative estimate of drug-likeness (QED) is 0.543. The molecule has 6 nitrogen and oxygen atoms in total. The molecule has 0 aliphatic carbocycles. The summed E-state index contributed by atoms with van der Waals surface area (Å²) in [5.41, 5.74) is 3.24. The van der Waals surface area contributed by atoms with Crippen molar-refractivity contribution in [3.8, 4) is 27.4 Å². The van der Waals surface area contributed by atoms with Crippen molar-refractivity contribution in [3.63, 3.8) is 0 Å². The van der Waals surface area contributed by atoms with Crippen LogP contribution in [0.15, 0.2) is 54.2 Å². The number of aromatic nitrogens is 3. The predicted molar refractivity (Wildman–Crippen MR) is 111 cm³/mol. The number of benzene rings is 1. The Kier molecular flexibility index (Phi) is 4.39. The Bertz CT molecular complexity index is 1160. The third-order valence-electron chi connectivity index (χ3n) is 4.21. The topological polar surface area (TPSA) is 79.5 Å². The van der Waals surface area contributed by atoms with Gasteiger partial charge in [-0.25, -0.2) is 4.98 Å². The maximum atomic E-state index is 12.4. The van der Waals surface area contributed by atoms with Gasteiger partial charge in [0.25, 0.3) is 5.91 Å². The van der Waals surface area contributed by atoms with Crippen LogP contribution in [-0.2, 0) is 0 Å². The summed E-state index contributed by atoms with van der Waals surface area (Å²) in [7, 11) is 0. The van der Waals surface area contributed by atoms with E-state index >= 15 is 0 Å². The zero-order valence-corrected chi connectivity index (χ0v) is 16.6. The van der Waals surface area contributed by atoms with Gasteiger partial charge in [0.1, 0.15) is 5.56 Å². The maximum Gasteiger partial charge on any atom is 0.258 e. The molecule has 0 atom stereocenters. The Morgan fingerprint density at radius 1 is 1.14 bits per heavy atom. The van der Waals surface area contributed by atoms with Gasteiger partial charge in [-0.3, -0.25) is 4.79 Å². The summed E-state index contributed by atoms with van der Waals surface area (Å²) < 4.78 is 1.30. The van der Waals surface area contributed by atoms with Gasteiger partial charge in [0.15, 0.2) is 5.65 Å². The Morgan fingerprint density at radius 2 is 1.89 bits per heavy atom. The molecule has 0 aliphatic rings. The molecule has 4 rings (SSSR count). The second-order valence-electron chi connectivity index (χ2n) is 7.56. The molecular formula is C21H20N4O2S. The predicted octanol–water partition coefficient (Wildman–Crippen LogP) is 4.36. The minimum absolute atomic E-state index is 0.0910. The first-order valence-electron chi connectivity index (χ1n) is 8.86. The summed E-state index contributed by atoms with van der Waals surface area (Å²) in [6.07, 6.45) is 3.05. The Morgan fingerprint density at radius 3 is 2.61 bits per heavy atom. The number of amides is 1. The summed E-state index contributed by atoms with van der Waals surface area (Å²) in [4.78, 5) is 17.8. The van der Waals surface area contributed by atoms with E-state index in [1.165, 1.54) is 10.7 Å². The highest BCUT2D eigenvalue weighted by Gasteiger charge is 2.22. The Hall–Kier alpha value is -3.19. The van der Waals surface area contributed by atoms with Gasteiger partial charge >= 0.3 is 0 Å². The zero-order valence-electron chi connectivity index (χ0n) is 15.8. The number of carbonyl (C=O) groups is 1. The fraction of sp³-hybridized carbons (Fsp3) is 0.190. The largest absolute Gasteiger partial charge is 0.493 e. The number of carbonyl (C=O) groups excluding carboxylic acids is 1. The standard InChI is InChI=1S/C21H20N4O2S/c1-21(2,3)24-19(26)16-10-22-18-15(11-23-25(18)20(16)27)17-9-14(12-28-17)13-7-5-4-6-8-13/h4-12,27H,1-3H3,(H,24,26). The molecule has 0 spiro atoms. The summed E-state index contributed by atoms with van der Waals surface area (Å²) in [5, 5.41) is 19.7. The molecule has 4 aromatic rings. The molecule has 0 unspecified atom stereocenters. The monoisotopic (exact) mass is 392 g/mol. The van der Waals surface area contributed by atoms with E-state index in [1.807, 2.05) is 39.0 Å². The smallest absolute Gasteiger partial charge is 0.258 e. The molecule has 142 valence electrons. The van der Waals surface area contributed by atoms with E-state index in [4.69, 9.17) is 0 Å². The van der Waals surface area contributed by atoms with Gasteiger partial charge in [-0.1, -0.05) is 30.3 Å². The molecule has 2 N–H and O–H groups in total. The minimum Gasteiger partial charge on any atom is -0.493 e. The molecule has 0 saturated carbocycles. The highest BCUT2D eigenvalue weighted by molar-refractivity contribution is 7.14. The van der Waals surface area contributed by atoms with Crippen LogP contribution in [-0.4, -0.2) is 31.2 Å². The van der Waals surface area contributed by atoms with E-state index in [9.17, 15) is 9.90 Å². The van der Waals surface area contributed by atoms with Gasteiger partial charge in [0.2, 0.25) is 5.88 Å². The van der Waals surface area contributed by atoms with Crippen molar-refractivity contribution in [2.24, 2.45) is 0 Å². The molecular weight excluding hydrogens is 372 g/mol. The molecule has 28 heavy (non-hydrogen) atoms. The van der Waals surface area contributed by atoms with Crippen LogP contribution in [0.3, 0.4) is 0 Å². The van der Waals surface area contributed by atoms with Crippen LogP contribution in [0, 0.1) is 0 Å². The summed E-state index contributed by atoms with van der Waals surface area (Å²) in [6, 6.07) is 12.2. The fourth-order valence-corrected chi connectivity index (χ4v) is 3.84. The number of hydrogen-bond donors (Lipinski definition) is 2. The second kappa shape index (κ2) is 6.76. The third-order valence-corrected chi connectivity index (χ3v) is 5.17. The minimum atomic E-state index is -0.418. The number of nitrogens with one attached hydrogen (secondary N) is 1. The van der Waals surface area contributed by atoms with Crippen molar-refractivity contribution in [3.05, 3.63) is 59.7 Å². The van der Waals surface area contributed by atoms with Gasteiger partial charge in [-0.15, -0.1) is 11.3 Å². The Balaban J connectivity index is 1.72. The average molecular weight is 392 g/mol. The number of aromatic hydroxyl groups is 1. The lowest BCUT2D eigenvalue weighted by Gasteiger charge is -2.20. The van der Waals surface area contributed by atoms with Gasteiger partial charge < -0.3 is 10.4 Å². The van der Waals surface area contributed by atoms with Crippen molar-refractivity contribution in [2.45, 2.75) is 26.3 Å². The number of thiophene rings is 1. The number of rotatable bonds is 3. The summed E-state index contributed by atoms with van der Waals surface area (Å²) in [6.45, 7) is 5.63. The second-order valence-corrected chi connectivity index (χ2v) is 8.47. The molecule has 0 bridgehead atoms. The van der Waals surface area contributed by atoms with Crippen LogP contribution in [0.1, 0.15) is 31.1 Å². The van der Waals surface area contributed by atoms with Gasteiger partial charge in [-0.05, 0) is 43.3 Å². The highest BCUT2D eigenvalue weighted by Crippen LogP contribution is 2.35. The van der Waals surface area contributed by atoms with Crippen LogP contribution in [0.4, 0.5) is 0 Å². The first kappa shape index (κ1) is 18.2. The fourth-order valence-electron chi connectivity index (χ4n) is 2.92. The lowest BCUT2D eigenvalue weighted by Crippen LogP contribution is -2.40. The van der Waals surface area contributed by atoms with Crippen molar-refractivity contribution in [2.75, 3.05) is 0 Å². The molecule has 3 heterocycles. The van der Waals surface area contributed by atoms with Crippen molar-refractivity contribution in [1.29, 1.82) is 0 Å². The molecule has 0 aliphatic heterocycles. The SMILES string of the molecule is CC(C)(C)NC(=O)c1cnc2c(-c3cc(-c4ccccc4)cs3)cnn2c1O. The van der Waals surface area contributed by atoms with Crippen LogP contribution >= 0.6 is 11.3 Å². The molecule has 0 saturated heterocycles. The van der Waals surface area contributed by atoms with Crippen molar-refractivity contribution in [1.82, 2.24) is 19.9 Å². The van der Waals surface area contributed by atoms with Crippen LogP contribution in [0.25, 0.3) is 27.2 Å².